The van der Waals surface area contributed by atoms with Crippen LogP contribution in [0.1, 0.15) is 11.1 Å². The molecule has 2 nitrogen and oxygen atoms in total. The zero-order valence-corrected chi connectivity index (χ0v) is 11.9. The summed E-state index contributed by atoms with van der Waals surface area (Å²) in [6, 6.07) is 8.46. The Morgan fingerprint density at radius 2 is 2.00 bits per heavy atom. The fourth-order valence-electron chi connectivity index (χ4n) is 1.58. The highest BCUT2D eigenvalue weighted by molar-refractivity contribution is 6.75. The first-order valence-electron chi connectivity index (χ1n) is 5.35. The first-order valence-corrected chi connectivity index (χ1v) is 6.48. The van der Waals surface area contributed by atoms with Crippen LogP contribution in [0.3, 0.4) is 0 Å². The van der Waals surface area contributed by atoms with Crippen LogP contribution >= 0.6 is 34.8 Å². The van der Waals surface area contributed by atoms with Crippen LogP contribution in [0.15, 0.2) is 42.7 Å². The molecule has 2 aromatic rings. The zero-order chi connectivity index (χ0) is 13.8. The lowest BCUT2D eigenvalue weighted by molar-refractivity contribution is -0.106. The topological polar surface area (TPSA) is 30.0 Å². The number of carbonyl (C=O) groups excluding carboxylic acids is 1. The van der Waals surface area contributed by atoms with Crippen LogP contribution in [0, 0.1) is 0 Å². The molecular weight excluding hydrogens is 305 g/mol. The molecule has 0 bridgehead atoms. The second-order valence-corrected chi connectivity index (χ2v) is 4.93. The summed E-state index contributed by atoms with van der Waals surface area (Å²) in [5.41, 5.74) is 1.60. The third-order valence-electron chi connectivity index (χ3n) is 2.43. The van der Waals surface area contributed by atoms with Gasteiger partial charge in [0.2, 0.25) is 0 Å². The number of halogens is 3. The molecule has 0 saturated carbocycles. The van der Waals surface area contributed by atoms with E-state index in [0.29, 0.717) is 21.2 Å². The van der Waals surface area contributed by atoms with E-state index in [0.717, 1.165) is 5.56 Å². The predicted octanol–water partition coefficient (Wildman–Crippen LogP) is 4.69. The van der Waals surface area contributed by atoms with Crippen molar-refractivity contribution in [2.45, 2.75) is 0 Å². The van der Waals surface area contributed by atoms with E-state index in [1.165, 1.54) is 0 Å². The van der Waals surface area contributed by atoms with Crippen LogP contribution in [0.25, 0.3) is 11.6 Å². The van der Waals surface area contributed by atoms with Gasteiger partial charge in [-0.2, -0.15) is 0 Å². The molecule has 19 heavy (non-hydrogen) atoms. The predicted molar refractivity (Wildman–Crippen MR) is 79.4 cm³/mol. The Morgan fingerprint density at radius 3 is 2.58 bits per heavy atom. The number of hydrogen-bond acceptors (Lipinski definition) is 2. The molecule has 1 heterocycles. The molecule has 0 amide bonds. The summed E-state index contributed by atoms with van der Waals surface area (Å²) >= 11 is 17.5. The molecule has 0 spiro atoms. The first-order chi connectivity index (χ1) is 9.08. The van der Waals surface area contributed by atoms with Gasteiger partial charge in [0.1, 0.15) is 0 Å². The second-order valence-electron chi connectivity index (χ2n) is 3.74. The lowest BCUT2D eigenvalue weighted by Gasteiger charge is -2.06. The molecular formula is C14H8Cl3NO. The van der Waals surface area contributed by atoms with Crippen LogP contribution in [-0.4, -0.2) is 10.2 Å². The van der Waals surface area contributed by atoms with Crippen LogP contribution in [0.2, 0.25) is 10.0 Å². The maximum absolute atomic E-state index is 11.6. The number of hydrogen-bond donors (Lipinski definition) is 0. The molecule has 0 fully saturated rings. The Balaban J connectivity index is 2.52. The van der Waals surface area contributed by atoms with Gasteiger partial charge in [0.15, 0.2) is 0 Å². The van der Waals surface area contributed by atoms with Crippen molar-refractivity contribution in [1.82, 2.24) is 4.98 Å². The Morgan fingerprint density at radius 1 is 1.21 bits per heavy atom. The third-order valence-corrected chi connectivity index (χ3v) is 3.18. The number of benzene rings is 1. The molecule has 1 aromatic carbocycles. The molecule has 1 aromatic heterocycles. The van der Waals surface area contributed by atoms with Gasteiger partial charge in [-0.1, -0.05) is 35.3 Å². The highest BCUT2D eigenvalue weighted by Gasteiger charge is 2.13. The van der Waals surface area contributed by atoms with Gasteiger partial charge in [-0.25, -0.2) is 0 Å². The van der Waals surface area contributed by atoms with Gasteiger partial charge in [-0.15, -0.1) is 0 Å². The minimum absolute atomic E-state index is 0.302. The fourth-order valence-corrected chi connectivity index (χ4v) is 2.24. The lowest BCUT2D eigenvalue weighted by atomic mass is 10.0. The van der Waals surface area contributed by atoms with E-state index < -0.39 is 5.24 Å². The molecule has 0 radical (unpaired) electrons. The van der Waals surface area contributed by atoms with Crippen molar-refractivity contribution >= 4 is 51.7 Å². The van der Waals surface area contributed by atoms with Crippen molar-refractivity contribution in [3.63, 3.8) is 0 Å². The van der Waals surface area contributed by atoms with Crippen molar-refractivity contribution in [1.29, 1.82) is 0 Å². The average Bonchev–Trinajstić information content (AvgIpc) is 2.38. The maximum atomic E-state index is 11.6. The van der Waals surface area contributed by atoms with E-state index in [9.17, 15) is 4.79 Å². The van der Waals surface area contributed by atoms with E-state index in [4.69, 9.17) is 34.8 Å². The Kier molecular flexibility index (Phi) is 4.59. The monoisotopic (exact) mass is 311 g/mol. The standard InChI is InChI=1S/C14H8Cl3NO/c15-10-3-4-11(13(16)7-10)12(14(17)19)6-9-2-1-5-18-8-9/h1-8H/b12-6-. The summed E-state index contributed by atoms with van der Waals surface area (Å²) in [7, 11) is 0. The summed E-state index contributed by atoms with van der Waals surface area (Å²) in [4.78, 5) is 15.5. The van der Waals surface area contributed by atoms with Crippen LogP contribution < -0.4 is 0 Å². The Bertz CT molecular complexity index is 638. The largest absolute Gasteiger partial charge is 0.276 e. The molecule has 0 atom stereocenters. The second kappa shape index (κ2) is 6.20. The van der Waals surface area contributed by atoms with Gasteiger partial charge >= 0.3 is 0 Å². The zero-order valence-electron chi connectivity index (χ0n) is 9.61. The van der Waals surface area contributed by atoms with Crippen molar-refractivity contribution in [3.8, 4) is 0 Å². The Labute approximate surface area is 125 Å². The fraction of sp³-hybridized carbons (Fsp3) is 0. The smallest absolute Gasteiger partial charge is 0.253 e. The van der Waals surface area contributed by atoms with Crippen molar-refractivity contribution in [2.75, 3.05) is 0 Å². The normalized spacial score (nSPS) is 11.4. The number of rotatable bonds is 3. The molecule has 2 rings (SSSR count). The van der Waals surface area contributed by atoms with Crippen molar-refractivity contribution < 1.29 is 4.79 Å². The van der Waals surface area contributed by atoms with Gasteiger partial charge in [-0.3, -0.25) is 9.78 Å². The molecule has 0 unspecified atom stereocenters. The summed E-state index contributed by atoms with van der Waals surface area (Å²) in [5, 5.41) is 0.279. The molecule has 0 N–H and O–H groups in total. The molecule has 96 valence electrons. The third kappa shape index (κ3) is 3.57. The number of nitrogens with zero attached hydrogens (tertiary/aromatic N) is 1. The molecule has 0 aliphatic heterocycles. The summed E-state index contributed by atoms with van der Waals surface area (Å²) in [6.07, 6.45) is 4.91. The van der Waals surface area contributed by atoms with Gasteiger partial charge < -0.3 is 0 Å². The van der Waals surface area contributed by atoms with Crippen LogP contribution in [0.5, 0.6) is 0 Å². The molecule has 0 aliphatic rings. The molecule has 0 saturated heterocycles. The summed E-state index contributed by atoms with van der Waals surface area (Å²) < 4.78 is 0. The maximum Gasteiger partial charge on any atom is 0.253 e. The SMILES string of the molecule is O=C(Cl)/C(=C\c1cccnc1)c1ccc(Cl)cc1Cl. The van der Waals surface area contributed by atoms with Gasteiger partial charge in [0.25, 0.3) is 5.24 Å². The molecule has 5 heteroatoms. The van der Waals surface area contributed by atoms with E-state index in [1.54, 1.807) is 42.7 Å². The Hall–Kier alpha value is -1.35. The summed E-state index contributed by atoms with van der Waals surface area (Å²) in [6.45, 7) is 0. The quantitative estimate of drug-likeness (QED) is 0.607. The lowest BCUT2D eigenvalue weighted by Crippen LogP contribution is -1.94. The van der Waals surface area contributed by atoms with E-state index >= 15 is 0 Å². The van der Waals surface area contributed by atoms with Gasteiger partial charge in [-0.05, 0) is 41.4 Å². The first kappa shape index (κ1) is 14.1. The van der Waals surface area contributed by atoms with Crippen LogP contribution in [0.4, 0.5) is 0 Å². The minimum atomic E-state index is -0.590. The highest BCUT2D eigenvalue weighted by atomic mass is 35.5. The average molecular weight is 313 g/mol. The number of pyridine rings is 1. The van der Waals surface area contributed by atoms with E-state index in [2.05, 4.69) is 4.98 Å². The highest BCUT2D eigenvalue weighted by Crippen LogP contribution is 2.29. The summed E-state index contributed by atoms with van der Waals surface area (Å²) in [5.74, 6) is 0. The number of carbonyl (C=O) groups is 1. The number of allylic oxidation sites excluding steroid dienone is 1. The van der Waals surface area contributed by atoms with Crippen molar-refractivity contribution in [2.24, 2.45) is 0 Å². The van der Waals surface area contributed by atoms with E-state index in [-0.39, 0.29) is 0 Å². The van der Waals surface area contributed by atoms with Crippen LogP contribution in [-0.2, 0) is 4.79 Å². The minimum Gasteiger partial charge on any atom is -0.276 e. The molecule has 0 aliphatic carbocycles. The van der Waals surface area contributed by atoms with Gasteiger partial charge in [0.05, 0.1) is 5.02 Å². The van der Waals surface area contributed by atoms with Crippen molar-refractivity contribution in [3.05, 3.63) is 63.9 Å². The van der Waals surface area contributed by atoms with Gasteiger partial charge in [0, 0.05) is 28.6 Å². The number of aromatic nitrogens is 1. The van der Waals surface area contributed by atoms with E-state index in [1.807, 2.05) is 6.07 Å².